The summed E-state index contributed by atoms with van der Waals surface area (Å²) in [5, 5.41) is 36.6. The van der Waals surface area contributed by atoms with Gasteiger partial charge in [0.1, 0.15) is 11.5 Å². The summed E-state index contributed by atoms with van der Waals surface area (Å²) in [5.74, 6) is 0.197. The fourth-order valence-electron chi connectivity index (χ4n) is 5.00. The van der Waals surface area contributed by atoms with Crippen LogP contribution in [0, 0.1) is 11.8 Å². The molecule has 4 N–H and O–H groups in total. The number of phenolic OH excluding ortho intramolecular Hbond substituents is 2. The Morgan fingerprint density at radius 2 is 0.826 bits per heavy atom. The SMILES string of the molecule is C.C=CC.C=CC.CC1CCCCC1O.CC1CCCCC1O.Oc1ccc(C(c2ccc(O)cc2)(C(F)(F)F)C(F)(F)F)cc1. The van der Waals surface area contributed by atoms with E-state index >= 15 is 0 Å². The van der Waals surface area contributed by atoms with Crippen LogP contribution in [-0.2, 0) is 5.41 Å². The lowest BCUT2D eigenvalue weighted by molar-refractivity contribution is -0.288. The minimum absolute atomic E-state index is 0. The minimum Gasteiger partial charge on any atom is -0.508 e. The number of aromatic hydroxyl groups is 2. The van der Waals surface area contributed by atoms with Crippen LogP contribution in [0.15, 0.2) is 73.8 Å². The molecule has 4 nitrogen and oxygen atoms in total. The Kier molecular flexibility index (Phi) is 21.3. The zero-order chi connectivity index (χ0) is 34.8. The molecule has 264 valence electrons. The third kappa shape index (κ3) is 13.8. The van der Waals surface area contributed by atoms with Crippen LogP contribution in [0.4, 0.5) is 26.3 Å². The lowest BCUT2D eigenvalue weighted by atomic mass is 9.73. The Morgan fingerprint density at radius 1 is 0.587 bits per heavy atom. The van der Waals surface area contributed by atoms with Gasteiger partial charge in [-0.25, -0.2) is 0 Å². The molecule has 0 heterocycles. The molecule has 2 aromatic rings. The summed E-state index contributed by atoms with van der Waals surface area (Å²) in [6.07, 6.45) is 1.71. The summed E-state index contributed by atoms with van der Waals surface area (Å²) in [7, 11) is 0. The van der Waals surface area contributed by atoms with E-state index in [0.717, 1.165) is 37.1 Å². The van der Waals surface area contributed by atoms with E-state index < -0.39 is 40.4 Å². The van der Waals surface area contributed by atoms with E-state index in [0.29, 0.717) is 36.1 Å². The Bertz CT molecular complexity index is 974. The smallest absolute Gasteiger partial charge is 0.411 e. The van der Waals surface area contributed by atoms with E-state index in [1.165, 1.54) is 38.5 Å². The zero-order valence-electron chi connectivity index (χ0n) is 26.7. The monoisotopic (exact) mass is 664 g/mol. The number of hydrogen-bond donors (Lipinski definition) is 4. The number of rotatable bonds is 2. The molecule has 4 atom stereocenters. The highest BCUT2D eigenvalue weighted by Gasteiger charge is 2.72. The Labute approximate surface area is 271 Å². The molecule has 2 aliphatic rings. The number of alkyl halides is 6. The summed E-state index contributed by atoms with van der Waals surface area (Å²) >= 11 is 0. The summed E-state index contributed by atoms with van der Waals surface area (Å²) in [6.45, 7) is 14.8. The maximum atomic E-state index is 13.6. The summed E-state index contributed by atoms with van der Waals surface area (Å²) in [6, 6.07) is 5.30. The van der Waals surface area contributed by atoms with E-state index in [-0.39, 0.29) is 19.6 Å². The predicted octanol–water partition coefficient (Wildman–Crippen LogP) is 10.6. The third-order valence-corrected chi connectivity index (χ3v) is 7.58. The molecule has 2 saturated carbocycles. The van der Waals surface area contributed by atoms with E-state index in [4.69, 9.17) is 10.2 Å². The number of benzene rings is 2. The highest BCUT2D eigenvalue weighted by molar-refractivity contribution is 5.46. The van der Waals surface area contributed by atoms with Crippen LogP contribution in [0.3, 0.4) is 0 Å². The molecule has 0 saturated heterocycles. The standard InChI is InChI=1S/C15H10F6O2.2C7H14O.2C3H6.CH4/c16-14(17,18)13(15(19,20)21,9-1-5-11(22)6-2-9)10-3-7-12(23)8-4-10;2*1-6-4-2-3-5-7(6)8;2*1-3-2;/h1-8,22-23H;2*6-8H,2-5H2,1H3;2*3H,1H2,2H3;1H4. The molecular formula is C36H54F6O4. The average Bonchev–Trinajstić information content (AvgIpc) is 2.95. The highest BCUT2D eigenvalue weighted by atomic mass is 19.4. The van der Waals surface area contributed by atoms with Gasteiger partial charge in [-0.1, -0.05) is 83.4 Å². The molecule has 2 aromatic carbocycles. The van der Waals surface area contributed by atoms with Crippen molar-refractivity contribution in [3.05, 3.63) is 85.0 Å². The van der Waals surface area contributed by atoms with Crippen molar-refractivity contribution >= 4 is 0 Å². The second-order valence-electron chi connectivity index (χ2n) is 11.3. The van der Waals surface area contributed by atoms with Crippen LogP contribution < -0.4 is 0 Å². The predicted molar refractivity (Wildman–Crippen MR) is 175 cm³/mol. The molecule has 0 radical (unpaired) electrons. The number of hydrogen-bond acceptors (Lipinski definition) is 4. The van der Waals surface area contributed by atoms with Crippen LogP contribution in [0.25, 0.3) is 0 Å². The van der Waals surface area contributed by atoms with Crippen molar-refractivity contribution in [2.24, 2.45) is 11.8 Å². The Balaban J connectivity index is 0. The van der Waals surface area contributed by atoms with Gasteiger partial charge >= 0.3 is 12.4 Å². The van der Waals surface area contributed by atoms with Gasteiger partial charge < -0.3 is 20.4 Å². The normalized spacial score (nSPS) is 21.0. The maximum absolute atomic E-state index is 13.6. The topological polar surface area (TPSA) is 80.9 Å². The largest absolute Gasteiger partial charge is 0.508 e. The van der Waals surface area contributed by atoms with Gasteiger partial charge in [0.15, 0.2) is 0 Å². The van der Waals surface area contributed by atoms with Crippen molar-refractivity contribution in [2.45, 2.75) is 116 Å². The molecule has 2 aliphatic carbocycles. The number of phenols is 2. The van der Waals surface area contributed by atoms with Gasteiger partial charge in [0.25, 0.3) is 0 Å². The van der Waals surface area contributed by atoms with E-state index in [2.05, 4.69) is 27.0 Å². The molecule has 0 amide bonds. The second kappa shape index (κ2) is 21.7. The van der Waals surface area contributed by atoms with Gasteiger partial charge in [0.05, 0.1) is 12.2 Å². The van der Waals surface area contributed by atoms with Crippen molar-refractivity contribution in [1.29, 1.82) is 0 Å². The molecule has 0 bridgehead atoms. The van der Waals surface area contributed by atoms with Crippen molar-refractivity contribution in [3.63, 3.8) is 0 Å². The molecular weight excluding hydrogens is 610 g/mol. The first kappa shape index (κ1) is 45.1. The molecule has 46 heavy (non-hydrogen) atoms. The van der Waals surface area contributed by atoms with Gasteiger partial charge in [-0.2, -0.15) is 26.3 Å². The average molecular weight is 665 g/mol. The molecule has 10 heteroatoms. The van der Waals surface area contributed by atoms with Crippen molar-refractivity contribution < 1.29 is 46.8 Å². The van der Waals surface area contributed by atoms with Crippen LogP contribution in [0.5, 0.6) is 11.5 Å². The van der Waals surface area contributed by atoms with Gasteiger partial charge in [0, 0.05) is 0 Å². The molecule has 0 aliphatic heterocycles. The van der Waals surface area contributed by atoms with E-state index in [1.807, 2.05) is 13.8 Å². The van der Waals surface area contributed by atoms with Crippen LogP contribution in [-0.4, -0.2) is 45.0 Å². The van der Waals surface area contributed by atoms with Gasteiger partial charge in [-0.3, -0.25) is 0 Å². The van der Waals surface area contributed by atoms with Crippen molar-refractivity contribution in [2.75, 3.05) is 0 Å². The van der Waals surface area contributed by atoms with E-state index in [1.54, 1.807) is 12.2 Å². The lowest BCUT2D eigenvalue weighted by Crippen LogP contribution is -2.54. The molecule has 4 rings (SSSR count). The Hall–Kier alpha value is -2.98. The first-order valence-electron chi connectivity index (χ1n) is 15.2. The number of aliphatic hydroxyl groups excluding tert-OH is 2. The highest BCUT2D eigenvalue weighted by Crippen LogP contribution is 2.56. The van der Waals surface area contributed by atoms with Gasteiger partial charge in [0.2, 0.25) is 5.41 Å². The van der Waals surface area contributed by atoms with Gasteiger partial charge in [-0.15, -0.1) is 13.2 Å². The Morgan fingerprint density at radius 3 is 1.00 bits per heavy atom. The summed E-state index contributed by atoms with van der Waals surface area (Å²) in [5.41, 5.74) is -6.44. The molecule has 0 spiro atoms. The van der Waals surface area contributed by atoms with Crippen molar-refractivity contribution in [3.8, 4) is 11.5 Å². The molecule has 4 unspecified atom stereocenters. The number of aliphatic hydroxyl groups is 2. The van der Waals surface area contributed by atoms with Gasteiger partial charge in [-0.05, 0) is 86.8 Å². The lowest BCUT2D eigenvalue weighted by Gasteiger charge is -2.38. The molecule has 0 aromatic heterocycles. The maximum Gasteiger partial charge on any atom is 0.411 e. The molecule has 2 fully saturated rings. The zero-order valence-corrected chi connectivity index (χ0v) is 26.7. The summed E-state index contributed by atoms with van der Waals surface area (Å²) in [4.78, 5) is 0. The van der Waals surface area contributed by atoms with Crippen LogP contribution >= 0.6 is 0 Å². The van der Waals surface area contributed by atoms with Crippen LogP contribution in [0.1, 0.15) is 97.6 Å². The quantitative estimate of drug-likeness (QED) is 0.190. The van der Waals surface area contributed by atoms with Crippen molar-refractivity contribution in [1.82, 2.24) is 0 Å². The number of allylic oxidation sites excluding steroid dienone is 2. The second-order valence-corrected chi connectivity index (χ2v) is 11.3. The first-order valence-corrected chi connectivity index (χ1v) is 15.2. The first-order chi connectivity index (χ1) is 20.9. The minimum atomic E-state index is -5.70. The van der Waals surface area contributed by atoms with E-state index in [9.17, 15) is 36.6 Å². The number of halogens is 6. The fraction of sp³-hybridized carbons (Fsp3) is 0.556. The van der Waals surface area contributed by atoms with Crippen LogP contribution in [0.2, 0.25) is 0 Å². The fourth-order valence-corrected chi connectivity index (χ4v) is 5.00. The summed E-state index contributed by atoms with van der Waals surface area (Å²) < 4.78 is 81.6. The third-order valence-electron chi connectivity index (χ3n) is 7.58.